The number of anilines is 2. The van der Waals surface area contributed by atoms with E-state index in [1.54, 1.807) is 0 Å². The first-order chi connectivity index (χ1) is 11.7. The van der Waals surface area contributed by atoms with Crippen molar-refractivity contribution in [2.75, 3.05) is 11.9 Å². The van der Waals surface area contributed by atoms with Gasteiger partial charge in [0.1, 0.15) is 8.24 Å². The molecule has 0 aliphatic rings. The Bertz CT molecular complexity index is 863. The Morgan fingerprint density at radius 1 is 0.923 bits per heavy atom. The zero-order valence-electron chi connectivity index (χ0n) is 17.2. The van der Waals surface area contributed by atoms with Gasteiger partial charge in [-0.05, 0) is 32.9 Å². The van der Waals surface area contributed by atoms with E-state index in [-0.39, 0.29) is 24.4 Å². The summed E-state index contributed by atoms with van der Waals surface area (Å²) in [6, 6.07) is 21.8. The monoisotopic (exact) mass is 356 g/mol. The van der Waals surface area contributed by atoms with E-state index in [1.165, 1.54) is 27.3 Å². The summed E-state index contributed by atoms with van der Waals surface area (Å²) in [5.74, 6) is 0. The van der Waals surface area contributed by atoms with Crippen LogP contribution in [0.5, 0.6) is 0 Å². The van der Waals surface area contributed by atoms with Crippen molar-refractivity contribution in [3.05, 3.63) is 60.7 Å². The maximum absolute atomic E-state index is 3.92. The Balaban J connectivity index is 0.00000243. The van der Waals surface area contributed by atoms with Gasteiger partial charge in [0.25, 0.3) is 0 Å². The Kier molecular flexibility index (Phi) is 6.20. The molecule has 0 aromatic heterocycles. The zero-order valence-corrected chi connectivity index (χ0v) is 18.2. The molecule has 0 heterocycles. The number of hydrogen-bond acceptors (Lipinski definition) is 2. The summed E-state index contributed by atoms with van der Waals surface area (Å²) >= 11 is 0. The van der Waals surface area contributed by atoms with Gasteiger partial charge in [0.15, 0.2) is 0 Å². The van der Waals surface area contributed by atoms with E-state index in [4.69, 9.17) is 0 Å². The molecular weight excluding hydrogens is 327 g/mol. The van der Waals surface area contributed by atoms with Crippen LogP contribution in [0.3, 0.4) is 0 Å². The summed E-state index contributed by atoms with van der Waals surface area (Å²) in [6.45, 7) is 11.6. The number of benzene rings is 2. The van der Waals surface area contributed by atoms with Gasteiger partial charge in [0, 0.05) is 18.3 Å². The Morgan fingerprint density at radius 2 is 1.50 bits per heavy atom. The summed E-state index contributed by atoms with van der Waals surface area (Å²) in [7, 11) is 0.377. The number of para-hydroxylation sites is 1. The summed E-state index contributed by atoms with van der Waals surface area (Å²) in [4.78, 5) is 6.22. The van der Waals surface area contributed by atoms with Gasteiger partial charge in [-0.25, -0.2) is 0 Å². The molecule has 0 spiro atoms. The summed E-state index contributed by atoms with van der Waals surface area (Å²) in [5, 5.41) is 4.20. The Hall–Kier alpha value is -1.38. The summed E-state index contributed by atoms with van der Waals surface area (Å²) < 4.78 is 0. The van der Waals surface area contributed by atoms with Crippen LogP contribution in [-0.4, -0.2) is 20.8 Å². The largest absolute Gasteiger partial charge is 1.00 e. The molecule has 3 aromatic rings. The van der Waals surface area contributed by atoms with Crippen molar-refractivity contribution < 1.29 is 18.9 Å². The number of nitrogens with one attached hydrogen (secondary N) is 1. The van der Waals surface area contributed by atoms with Crippen molar-refractivity contribution in [2.24, 2.45) is 0 Å². The van der Waals surface area contributed by atoms with Crippen LogP contribution in [0, 0.1) is 0 Å². The van der Waals surface area contributed by atoms with E-state index in [1.807, 2.05) is 0 Å². The molecule has 0 saturated carbocycles. The molecule has 0 aliphatic carbocycles. The number of nitrogens with zero attached hydrogens (tertiary/aromatic N) is 1. The molecule has 132 valence electrons. The van der Waals surface area contributed by atoms with Gasteiger partial charge in [-0.15, -0.1) is 40.2 Å². The van der Waals surface area contributed by atoms with E-state index in [9.17, 15) is 0 Å². The molecule has 0 fully saturated rings. The van der Waals surface area contributed by atoms with E-state index in [0.29, 0.717) is 0 Å². The topological polar surface area (TPSA) is 15.3 Å². The van der Waals surface area contributed by atoms with Gasteiger partial charge >= 0.3 is 18.9 Å². The Labute approximate surface area is 171 Å². The quantitative estimate of drug-likeness (QED) is 0.569. The maximum Gasteiger partial charge on any atom is 1.00 e. The van der Waals surface area contributed by atoms with Crippen LogP contribution in [0.1, 0.15) is 20.8 Å². The molecule has 0 bridgehead atoms. The van der Waals surface area contributed by atoms with Crippen molar-refractivity contribution in [1.29, 1.82) is 0 Å². The van der Waals surface area contributed by atoms with Gasteiger partial charge in [-0.3, -0.25) is 0 Å². The van der Waals surface area contributed by atoms with Crippen LogP contribution in [0.2, 0.25) is 13.1 Å². The van der Waals surface area contributed by atoms with E-state index in [0.717, 1.165) is 0 Å². The third-order valence-electron chi connectivity index (χ3n) is 4.64. The third kappa shape index (κ3) is 4.30. The van der Waals surface area contributed by atoms with Crippen molar-refractivity contribution in [2.45, 2.75) is 39.4 Å². The first-order valence-electron chi connectivity index (χ1n) is 8.96. The first-order valence-corrected chi connectivity index (χ1v) is 12.0. The maximum atomic E-state index is 3.92. The predicted octanol–water partition coefficient (Wildman–Crippen LogP) is 2.13. The summed E-state index contributed by atoms with van der Waals surface area (Å²) in [5.41, 5.74) is 2.61. The molecule has 26 heavy (non-hydrogen) atoms. The molecule has 3 rings (SSSR count). The standard InChI is InChI=1S/C22H29N2Si.Li/c1-22(2,3)23-25(5,6)21-16-20(18-14-10-11-15-19(18)21)24(4)17-12-8-7-9-13-17;/h7-16,23H,1-6H3;/q-1;+1. The fraction of sp³-hybridized carbons (Fsp3) is 0.318. The first kappa shape index (κ1) is 20.9. The van der Waals surface area contributed by atoms with Crippen LogP contribution in [0.4, 0.5) is 11.4 Å². The molecule has 4 heteroatoms. The van der Waals surface area contributed by atoms with E-state index in [2.05, 4.69) is 111 Å². The third-order valence-corrected chi connectivity index (χ3v) is 7.78. The fourth-order valence-electron chi connectivity index (χ4n) is 3.82. The van der Waals surface area contributed by atoms with E-state index < -0.39 is 8.24 Å². The normalized spacial score (nSPS) is 12.1. The molecule has 0 amide bonds. The predicted molar refractivity (Wildman–Crippen MR) is 114 cm³/mol. The molecule has 0 unspecified atom stereocenters. The van der Waals surface area contributed by atoms with E-state index >= 15 is 0 Å². The molecular formula is C22H29LiN2Si. The number of fused-ring (bicyclic) bond motifs is 1. The molecule has 2 nitrogen and oxygen atoms in total. The van der Waals surface area contributed by atoms with Gasteiger partial charge in [-0.2, -0.15) is 0 Å². The van der Waals surface area contributed by atoms with Crippen molar-refractivity contribution in [1.82, 2.24) is 4.98 Å². The van der Waals surface area contributed by atoms with Crippen LogP contribution in [0.25, 0.3) is 10.8 Å². The second-order valence-electron chi connectivity index (χ2n) is 8.38. The minimum absolute atomic E-state index is 0. The van der Waals surface area contributed by atoms with Crippen LogP contribution >= 0.6 is 0 Å². The van der Waals surface area contributed by atoms with Crippen molar-refractivity contribution in [3.63, 3.8) is 0 Å². The minimum atomic E-state index is -1.78. The average molecular weight is 357 g/mol. The van der Waals surface area contributed by atoms with Crippen LogP contribution in [-0.2, 0) is 0 Å². The molecule has 0 saturated heterocycles. The smallest absolute Gasteiger partial charge is 0.392 e. The van der Waals surface area contributed by atoms with Crippen molar-refractivity contribution in [3.8, 4) is 0 Å². The minimum Gasteiger partial charge on any atom is -0.392 e. The molecule has 0 radical (unpaired) electrons. The summed E-state index contributed by atoms with van der Waals surface area (Å²) in [6.07, 6.45) is 0. The second-order valence-corrected chi connectivity index (χ2v) is 12.4. The van der Waals surface area contributed by atoms with Crippen molar-refractivity contribution >= 4 is 35.6 Å². The van der Waals surface area contributed by atoms with Gasteiger partial charge in [0.2, 0.25) is 0 Å². The number of hydrogen-bond donors (Lipinski definition) is 1. The van der Waals surface area contributed by atoms with Gasteiger partial charge in [0.05, 0.1) is 0 Å². The molecule has 3 aromatic carbocycles. The van der Waals surface area contributed by atoms with Crippen LogP contribution in [0.15, 0.2) is 60.7 Å². The van der Waals surface area contributed by atoms with Gasteiger partial charge < -0.3 is 9.88 Å². The molecule has 1 N–H and O–H groups in total. The zero-order chi connectivity index (χ0) is 18.2. The van der Waals surface area contributed by atoms with Gasteiger partial charge in [-0.1, -0.05) is 43.0 Å². The fourth-order valence-corrected chi connectivity index (χ4v) is 7.22. The molecule has 0 aliphatic heterocycles. The average Bonchev–Trinajstić information content (AvgIpc) is 2.93. The SMILES string of the molecule is CN(c1ccccc1)c1c[c-]([Si](C)(C)NC(C)(C)C)c2ccccc12.[Li+]. The molecule has 0 atom stereocenters. The number of rotatable bonds is 4. The Morgan fingerprint density at radius 3 is 2.12 bits per heavy atom. The van der Waals surface area contributed by atoms with Crippen LogP contribution < -0.4 is 33.9 Å². The second kappa shape index (κ2) is 7.70.